The number of benzene rings is 1. The normalized spacial score (nSPS) is 12.2. The summed E-state index contributed by atoms with van der Waals surface area (Å²) in [6.45, 7) is 6.83. The molecule has 1 amide bonds. The van der Waals surface area contributed by atoms with Crippen molar-refractivity contribution in [2.75, 3.05) is 30.9 Å². The van der Waals surface area contributed by atoms with E-state index in [4.69, 9.17) is 15.2 Å². The minimum atomic E-state index is -0.197. The molecule has 0 aliphatic carbocycles. The van der Waals surface area contributed by atoms with Crippen molar-refractivity contribution in [2.24, 2.45) is 0 Å². The van der Waals surface area contributed by atoms with Crippen molar-refractivity contribution in [1.29, 1.82) is 0 Å². The first-order valence-corrected chi connectivity index (χ1v) is 6.38. The maximum atomic E-state index is 11.7. The molecule has 5 nitrogen and oxygen atoms in total. The predicted octanol–water partition coefficient (Wildman–Crippen LogP) is 1.96. The molecule has 0 aromatic heterocycles. The van der Waals surface area contributed by atoms with E-state index in [-0.39, 0.29) is 18.6 Å². The van der Waals surface area contributed by atoms with E-state index in [2.05, 4.69) is 5.32 Å². The molecule has 0 heterocycles. The van der Waals surface area contributed by atoms with Crippen LogP contribution in [0.5, 0.6) is 0 Å². The van der Waals surface area contributed by atoms with Gasteiger partial charge in [-0.05, 0) is 38.5 Å². The van der Waals surface area contributed by atoms with Crippen LogP contribution in [0.2, 0.25) is 0 Å². The SMILES string of the molecule is CCOCC(C)OCC(=O)Nc1cc(N)ccc1C. The lowest BCUT2D eigenvalue weighted by molar-refractivity contribution is -0.123. The van der Waals surface area contributed by atoms with E-state index in [0.29, 0.717) is 24.6 Å². The fraction of sp³-hybridized carbons (Fsp3) is 0.500. The van der Waals surface area contributed by atoms with Gasteiger partial charge < -0.3 is 20.5 Å². The summed E-state index contributed by atoms with van der Waals surface area (Å²) in [5, 5.41) is 2.78. The van der Waals surface area contributed by atoms with Crippen molar-refractivity contribution >= 4 is 17.3 Å². The van der Waals surface area contributed by atoms with Gasteiger partial charge >= 0.3 is 0 Å². The Morgan fingerprint density at radius 3 is 2.89 bits per heavy atom. The first kappa shape index (κ1) is 15.5. The molecule has 1 unspecified atom stereocenters. The highest BCUT2D eigenvalue weighted by Crippen LogP contribution is 2.17. The van der Waals surface area contributed by atoms with Gasteiger partial charge in [-0.25, -0.2) is 0 Å². The highest BCUT2D eigenvalue weighted by molar-refractivity contribution is 5.92. The second-order valence-corrected chi connectivity index (χ2v) is 4.40. The second-order valence-electron chi connectivity index (χ2n) is 4.40. The van der Waals surface area contributed by atoms with Gasteiger partial charge in [0.25, 0.3) is 0 Å². The van der Waals surface area contributed by atoms with Gasteiger partial charge in [0.05, 0.1) is 12.7 Å². The molecule has 19 heavy (non-hydrogen) atoms. The third-order valence-electron chi connectivity index (χ3n) is 2.59. The molecule has 1 aromatic rings. The van der Waals surface area contributed by atoms with Gasteiger partial charge in [0.15, 0.2) is 0 Å². The molecule has 0 fully saturated rings. The molecule has 0 saturated carbocycles. The number of ether oxygens (including phenoxy) is 2. The van der Waals surface area contributed by atoms with E-state index < -0.39 is 0 Å². The van der Waals surface area contributed by atoms with Gasteiger partial charge in [0, 0.05) is 18.0 Å². The number of hydrogen-bond acceptors (Lipinski definition) is 4. The van der Waals surface area contributed by atoms with Gasteiger partial charge in [-0.1, -0.05) is 6.07 Å². The monoisotopic (exact) mass is 266 g/mol. The third-order valence-corrected chi connectivity index (χ3v) is 2.59. The zero-order valence-corrected chi connectivity index (χ0v) is 11.7. The number of nitrogen functional groups attached to an aromatic ring is 1. The van der Waals surface area contributed by atoms with Crippen molar-refractivity contribution in [3.8, 4) is 0 Å². The lowest BCUT2D eigenvalue weighted by atomic mass is 10.2. The van der Waals surface area contributed by atoms with E-state index in [9.17, 15) is 4.79 Å². The van der Waals surface area contributed by atoms with E-state index in [1.54, 1.807) is 12.1 Å². The van der Waals surface area contributed by atoms with Crippen molar-refractivity contribution in [1.82, 2.24) is 0 Å². The number of nitrogens with one attached hydrogen (secondary N) is 1. The summed E-state index contributed by atoms with van der Waals surface area (Å²) < 4.78 is 10.6. The second kappa shape index (κ2) is 7.76. The van der Waals surface area contributed by atoms with Gasteiger partial charge in [0.2, 0.25) is 5.91 Å². The number of anilines is 2. The van der Waals surface area contributed by atoms with Crippen molar-refractivity contribution < 1.29 is 14.3 Å². The Bertz CT molecular complexity index is 421. The molecule has 0 spiro atoms. The summed E-state index contributed by atoms with van der Waals surface area (Å²) in [5.74, 6) is -0.197. The number of aryl methyl sites for hydroxylation is 1. The van der Waals surface area contributed by atoms with Crippen LogP contribution in [0, 0.1) is 6.92 Å². The molecule has 0 aliphatic heterocycles. The summed E-state index contributed by atoms with van der Waals surface area (Å²) in [4.78, 5) is 11.7. The molecule has 5 heteroatoms. The van der Waals surface area contributed by atoms with Crippen LogP contribution in [0.15, 0.2) is 18.2 Å². The highest BCUT2D eigenvalue weighted by Gasteiger charge is 2.08. The number of nitrogens with two attached hydrogens (primary N) is 1. The van der Waals surface area contributed by atoms with E-state index in [1.807, 2.05) is 26.8 Å². The smallest absolute Gasteiger partial charge is 0.250 e. The fourth-order valence-electron chi connectivity index (χ4n) is 1.51. The Hall–Kier alpha value is -1.59. The fourth-order valence-corrected chi connectivity index (χ4v) is 1.51. The number of carbonyl (C=O) groups excluding carboxylic acids is 1. The number of amides is 1. The van der Waals surface area contributed by atoms with Crippen LogP contribution in [0.4, 0.5) is 11.4 Å². The van der Waals surface area contributed by atoms with E-state index in [1.165, 1.54) is 0 Å². The average molecular weight is 266 g/mol. The molecule has 1 aromatic carbocycles. The molecular weight excluding hydrogens is 244 g/mol. The Balaban J connectivity index is 2.40. The van der Waals surface area contributed by atoms with Crippen LogP contribution in [0.3, 0.4) is 0 Å². The lowest BCUT2D eigenvalue weighted by Crippen LogP contribution is -2.24. The summed E-state index contributed by atoms with van der Waals surface area (Å²) in [7, 11) is 0. The van der Waals surface area contributed by atoms with E-state index >= 15 is 0 Å². The molecule has 1 rings (SSSR count). The van der Waals surface area contributed by atoms with E-state index in [0.717, 1.165) is 5.56 Å². The topological polar surface area (TPSA) is 73.6 Å². The maximum absolute atomic E-state index is 11.7. The molecule has 0 saturated heterocycles. The Labute approximate surface area is 114 Å². The van der Waals surface area contributed by atoms with Crippen LogP contribution in [-0.2, 0) is 14.3 Å². The molecular formula is C14H22N2O3. The Morgan fingerprint density at radius 1 is 1.47 bits per heavy atom. The largest absolute Gasteiger partial charge is 0.399 e. The molecule has 0 radical (unpaired) electrons. The highest BCUT2D eigenvalue weighted by atomic mass is 16.5. The summed E-state index contributed by atoms with van der Waals surface area (Å²) in [6, 6.07) is 5.39. The standard InChI is InChI=1S/C14H22N2O3/c1-4-18-8-11(3)19-9-14(17)16-13-7-12(15)6-5-10(13)2/h5-7,11H,4,8-9,15H2,1-3H3,(H,16,17). The number of hydrogen-bond donors (Lipinski definition) is 2. The minimum absolute atomic E-state index is 0.00246. The third kappa shape index (κ3) is 5.72. The Kier molecular flexibility index (Phi) is 6.32. The molecule has 0 bridgehead atoms. The summed E-state index contributed by atoms with van der Waals surface area (Å²) in [6.07, 6.45) is -0.104. The zero-order valence-electron chi connectivity index (χ0n) is 11.7. The predicted molar refractivity (Wildman–Crippen MR) is 76.1 cm³/mol. The first-order valence-electron chi connectivity index (χ1n) is 6.38. The van der Waals surface area contributed by atoms with Crippen LogP contribution in [0.1, 0.15) is 19.4 Å². The average Bonchev–Trinajstić information content (AvgIpc) is 2.38. The van der Waals surface area contributed by atoms with Gasteiger partial charge in [-0.15, -0.1) is 0 Å². The molecule has 1 atom stereocenters. The van der Waals surface area contributed by atoms with Crippen molar-refractivity contribution in [3.05, 3.63) is 23.8 Å². The Morgan fingerprint density at radius 2 is 2.21 bits per heavy atom. The number of rotatable bonds is 7. The van der Waals surface area contributed by atoms with Crippen LogP contribution in [-0.4, -0.2) is 31.8 Å². The number of carbonyl (C=O) groups is 1. The minimum Gasteiger partial charge on any atom is -0.399 e. The lowest BCUT2D eigenvalue weighted by Gasteiger charge is -2.13. The van der Waals surface area contributed by atoms with Gasteiger partial charge in [0.1, 0.15) is 6.61 Å². The molecule has 0 aliphatic rings. The summed E-state index contributed by atoms with van der Waals surface area (Å²) in [5.41, 5.74) is 7.98. The quantitative estimate of drug-likeness (QED) is 0.740. The van der Waals surface area contributed by atoms with Crippen molar-refractivity contribution in [2.45, 2.75) is 26.9 Å². The van der Waals surface area contributed by atoms with Crippen LogP contribution < -0.4 is 11.1 Å². The maximum Gasteiger partial charge on any atom is 0.250 e. The molecule has 3 N–H and O–H groups in total. The summed E-state index contributed by atoms with van der Waals surface area (Å²) >= 11 is 0. The van der Waals surface area contributed by atoms with Gasteiger partial charge in [-0.2, -0.15) is 0 Å². The first-order chi connectivity index (χ1) is 9.02. The zero-order chi connectivity index (χ0) is 14.3. The van der Waals surface area contributed by atoms with Gasteiger partial charge in [-0.3, -0.25) is 4.79 Å². The molecule has 106 valence electrons. The van der Waals surface area contributed by atoms with Crippen LogP contribution in [0.25, 0.3) is 0 Å². The van der Waals surface area contributed by atoms with Crippen molar-refractivity contribution in [3.63, 3.8) is 0 Å². The van der Waals surface area contributed by atoms with Crippen LogP contribution >= 0.6 is 0 Å².